The molecule has 2 heterocycles. The zero-order valence-electron chi connectivity index (χ0n) is 10.0. The summed E-state index contributed by atoms with van der Waals surface area (Å²) >= 11 is 0. The zero-order valence-corrected chi connectivity index (χ0v) is 10.0. The Kier molecular flexibility index (Phi) is 3.23. The fraction of sp³-hybridized carbons (Fsp3) is 0.545. The van der Waals surface area contributed by atoms with Crippen molar-refractivity contribution in [1.82, 2.24) is 15.3 Å². The molecule has 1 amide bonds. The first-order valence-electron chi connectivity index (χ1n) is 5.53. The molecule has 1 aromatic rings. The summed E-state index contributed by atoms with van der Waals surface area (Å²) in [6.45, 7) is 3.51. The number of hydrogen-bond acceptors (Lipinski definition) is 5. The van der Waals surface area contributed by atoms with Gasteiger partial charge in [0, 0.05) is 19.8 Å². The number of amides is 1. The Morgan fingerprint density at radius 1 is 1.65 bits per heavy atom. The standard InChI is InChI=1S/C11H16N4O2/c1-11(10(16)12-2)7-15(5-6-17-11)9-3-4-13-8-14-9/h3-4,8H,5-7H2,1-2H3,(H,12,16)/t11-/m0/s1. The molecule has 0 unspecified atom stereocenters. The molecule has 6 heteroatoms. The van der Waals surface area contributed by atoms with Crippen LogP contribution >= 0.6 is 0 Å². The van der Waals surface area contributed by atoms with Gasteiger partial charge in [-0.05, 0) is 13.0 Å². The van der Waals surface area contributed by atoms with E-state index >= 15 is 0 Å². The van der Waals surface area contributed by atoms with Gasteiger partial charge < -0.3 is 15.0 Å². The van der Waals surface area contributed by atoms with Crippen LogP contribution in [0, 0.1) is 0 Å². The van der Waals surface area contributed by atoms with Crippen molar-refractivity contribution in [2.24, 2.45) is 0 Å². The molecule has 1 saturated heterocycles. The van der Waals surface area contributed by atoms with Crippen LogP contribution < -0.4 is 10.2 Å². The summed E-state index contributed by atoms with van der Waals surface area (Å²) < 4.78 is 5.57. The van der Waals surface area contributed by atoms with E-state index in [9.17, 15) is 4.79 Å². The normalized spacial score (nSPS) is 24.5. The third kappa shape index (κ3) is 2.36. The number of carbonyl (C=O) groups excluding carboxylic acids is 1. The van der Waals surface area contributed by atoms with Gasteiger partial charge in [-0.2, -0.15) is 0 Å². The summed E-state index contributed by atoms with van der Waals surface area (Å²) in [6.07, 6.45) is 3.19. The molecule has 0 saturated carbocycles. The molecule has 92 valence electrons. The summed E-state index contributed by atoms with van der Waals surface area (Å²) in [7, 11) is 1.61. The van der Waals surface area contributed by atoms with Crippen LogP contribution in [0.15, 0.2) is 18.6 Å². The Balaban J connectivity index is 2.15. The Morgan fingerprint density at radius 2 is 2.47 bits per heavy atom. The van der Waals surface area contributed by atoms with Gasteiger partial charge in [-0.15, -0.1) is 0 Å². The van der Waals surface area contributed by atoms with Crippen LogP contribution in [-0.4, -0.2) is 48.2 Å². The number of nitrogens with zero attached hydrogens (tertiary/aromatic N) is 3. The summed E-state index contributed by atoms with van der Waals surface area (Å²) in [5.41, 5.74) is -0.821. The van der Waals surface area contributed by atoms with Crippen molar-refractivity contribution in [2.45, 2.75) is 12.5 Å². The van der Waals surface area contributed by atoms with Crippen molar-refractivity contribution in [3.05, 3.63) is 18.6 Å². The Bertz CT molecular complexity index is 398. The molecule has 1 aliphatic rings. The Hall–Kier alpha value is -1.69. The molecular weight excluding hydrogens is 220 g/mol. The molecule has 0 aromatic carbocycles. The van der Waals surface area contributed by atoms with Gasteiger partial charge >= 0.3 is 0 Å². The molecule has 0 bridgehead atoms. The maximum absolute atomic E-state index is 11.8. The maximum atomic E-state index is 11.8. The molecular formula is C11H16N4O2. The van der Waals surface area contributed by atoms with Crippen molar-refractivity contribution in [2.75, 3.05) is 31.6 Å². The predicted octanol–water partition coefficient (Wildman–Crippen LogP) is -0.182. The van der Waals surface area contributed by atoms with Crippen LogP contribution in [0.4, 0.5) is 5.82 Å². The van der Waals surface area contributed by atoms with Crippen LogP contribution in [0.25, 0.3) is 0 Å². The number of anilines is 1. The minimum absolute atomic E-state index is 0.115. The second-order valence-corrected chi connectivity index (χ2v) is 4.15. The molecule has 0 spiro atoms. The number of nitrogens with one attached hydrogen (secondary N) is 1. The largest absolute Gasteiger partial charge is 0.362 e. The molecule has 1 aromatic heterocycles. The number of carbonyl (C=O) groups is 1. The van der Waals surface area contributed by atoms with Crippen molar-refractivity contribution in [1.29, 1.82) is 0 Å². The van der Waals surface area contributed by atoms with Gasteiger partial charge in [-0.3, -0.25) is 4.79 Å². The fourth-order valence-corrected chi connectivity index (χ4v) is 1.94. The van der Waals surface area contributed by atoms with Crippen LogP contribution in [0.1, 0.15) is 6.92 Å². The van der Waals surface area contributed by atoms with E-state index in [1.54, 1.807) is 20.2 Å². The van der Waals surface area contributed by atoms with Crippen LogP contribution in [0.2, 0.25) is 0 Å². The lowest BCUT2D eigenvalue weighted by atomic mass is 10.0. The highest BCUT2D eigenvalue weighted by Crippen LogP contribution is 2.21. The van der Waals surface area contributed by atoms with E-state index < -0.39 is 5.60 Å². The van der Waals surface area contributed by atoms with Crippen LogP contribution in [0.3, 0.4) is 0 Å². The molecule has 6 nitrogen and oxygen atoms in total. The third-order valence-electron chi connectivity index (χ3n) is 2.87. The van der Waals surface area contributed by atoms with E-state index in [-0.39, 0.29) is 5.91 Å². The van der Waals surface area contributed by atoms with Gasteiger partial charge in [-0.25, -0.2) is 9.97 Å². The third-order valence-corrected chi connectivity index (χ3v) is 2.87. The molecule has 17 heavy (non-hydrogen) atoms. The Labute approximate surface area is 100 Å². The lowest BCUT2D eigenvalue weighted by Gasteiger charge is -2.39. The second-order valence-electron chi connectivity index (χ2n) is 4.15. The first-order valence-corrected chi connectivity index (χ1v) is 5.53. The average Bonchev–Trinajstić information content (AvgIpc) is 2.39. The van der Waals surface area contributed by atoms with Gasteiger partial charge in [-0.1, -0.05) is 0 Å². The number of rotatable bonds is 2. The highest BCUT2D eigenvalue weighted by Gasteiger charge is 2.39. The average molecular weight is 236 g/mol. The summed E-state index contributed by atoms with van der Waals surface area (Å²) in [5.74, 6) is 0.703. The van der Waals surface area contributed by atoms with Gasteiger partial charge in [0.2, 0.25) is 0 Å². The summed E-state index contributed by atoms with van der Waals surface area (Å²) in [6, 6.07) is 1.83. The predicted molar refractivity (Wildman–Crippen MR) is 62.7 cm³/mol. The molecule has 1 N–H and O–H groups in total. The second kappa shape index (κ2) is 4.67. The SMILES string of the molecule is CNC(=O)[C@]1(C)CN(c2ccncn2)CCO1. The number of aromatic nitrogens is 2. The van der Waals surface area contributed by atoms with E-state index in [0.717, 1.165) is 12.4 Å². The topological polar surface area (TPSA) is 67.4 Å². The number of likely N-dealkylation sites (N-methyl/N-ethyl adjacent to an activating group) is 1. The summed E-state index contributed by atoms with van der Waals surface area (Å²) in [5, 5.41) is 2.62. The molecule has 2 rings (SSSR count). The molecule has 1 fully saturated rings. The molecule has 0 radical (unpaired) electrons. The van der Waals surface area contributed by atoms with Gasteiger partial charge in [0.25, 0.3) is 5.91 Å². The highest BCUT2D eigenvalue weighted by atomic mass is 16.5. The molecule has 1 atom stereocenters. The van der Waals surface area contributed by atoms with E-state index in [0.29, 0.717) is 13.2 Å². The maximum Gasteiger partial charge on any atom is 0.253 e. The smallest absolute Gasteiger partial charge is 0.253 e. The Morgan fingerprint density at radius 3 is 3.12 bits per heavy atom. The zero-order chi connectivity index (χ0) is 12.3. The minimum Gasteiger partial charge on any atom is -0.362 e. The molecule has 0 aliphatic carbocycles. The summed E-state index contributed by atoms with van der Waals surface area (Å²) in [4.78, 5) is 21.9. The van der Waals surface area contributed by atoms with E-state index in [4.69, 9.17) is 4.74 Å². The van der Waals surface area contributed by atoms with Gasteiger partial charge in [0.1, 0.15) is 12.1 Å². The van der Waals surface area contributed by atoms with Gasteiger partial charge in [0.05, 0.1) is 13.2 Å². The van der Waals surface area contributed by atoms with Crippen molar-refractivity contribution < 1.29 is 9.53 Å². The van der Waals surface area contributed by atoms with Gasteiger partial charge in [0.15, 0.2) is 5.60 Å². The van der Waals surface area contributed by atoms with Crippen molar-refractivity contribution in [3.8, 4) is 0 Å². The number of hydrogen-bond donors (Lipinski definition) is 1. The quantitative estimate of drug-likeness (QED) is 0.771. The lowest BCUT2D eigenvalue weighted by Crippen LogP contribution is -2.58. The number of ether oxygens (including phenoxy) is 1. The monoisotopic (exact) mass is 236 g/mol. The van der Waals surface area contributed by atoms with E-state index in [1.807, 2.05) is 11.0 Å². The van der Waals surface area contributed by atoms with E-state index in [2.05, 4.69) is 15.3 Å². The lowest BCUT2D eigenvalue weighted by molar-refractivity contribution is -0.145. The van der Waals surface area contributed by atoms with Crippen LogP contribution in [-0.2, 0) is 9.53 Å². The minimum atomic E-state index is -0.821. The van der Waals surface area contributed by atoms with Crippen molar-refractivity contribution in [3.63, 3.8) is 0 Å². The van der Waals surface area contributed by atoms with Crippen molar-refractivity contribution >= 4 is 11.7 Å². The van der Waals surface area contributed by atoms with E-state index in [1.165, 1.54) is 6.33 Å². The van der Waals surface area contributed by atoms with Crippen LogP contribution in [0.5, 0.6) is 0 Å². The first-order chi connectivity index (χ1) is 8.15. The number of morpholine rings is 1. The first kappa shape index (κ1) is 11.8. The fourth-order valence-electron chi connectivity index (χ4n) is 1.94. The highest BCUT2D eigenvalue weighted by molar-refractivity contribution is 5.85. The molecule has 1 aliphatic heterocycles.